The van der Waals surface area contributed by atoms with E-state index in [9.17, 15) is 0 Å². The zero-order chi connectivity index (χ0) is 9.47. The van der Waals surface area contributed by atoms with Gasteiger partial charge in [-0.15, -0.1) is 0 Å². The molecule has 3 N–H and O–H groups in total. The molecule has 2 nitrogen and oxygen atoms in total. The molecule has 0 amide bonds. The first-order valence-electron chi connectivity index (χ1n) is 5.71. The van der Waals surface area contributed by atoms with Crippen LogP contribution in [0.15, 0.2) is 0 Å². The molecule has 2 aliphatic heterocycles. The van der Waals surface area contributed by atoms with Crippen molar-refractivity contribution in [1.29, 1.82) is 0 Å². The topological polar surface area (TPSA) is 38.0 Å². The van der Waals surface area contributed by atoms with Gasteiger partial charge in [0, 0.05) is 17.6 Å². The minimum atomic E-state index is 0.400. The van der Waals surface area contributed by atoms with E-state index in [2.05, 4.69) is 19.2 Å². The SMILES string of the molecule is CCCC12CCC(CC(N)C1C)N2. The number of nitrogens with one attached hydrogen (secondary N) is 1. The van der Waals surface area contributed by atoms with E-state index in [0.717, 1.165) is 6.04 Å². The third-order valence-corrected chi connectivity index (χ3v) is 4.20. The summed E-state index contributed by atoms with van der Waals surface area (Å²) in [5.74, 6) is 0.659. The van der Waals surface area contributed by atoms with Gasteiger partial charge in [-0.25, -0.2) is 0 Å². The van der Waals surface area contributed by atoms with Crippen LogP contribution in [-0.4, -0.2) is 17.6 Å². The molecule has 0 aliphatic carbocycles. The summed E-state index contributed by atoms with van der Waals surface area (Å²) in [6, 6.07) is 1.15. The van der Waals surface area contributed by atoms with Crippen LogP contribution in [0.3, 0.4) is 0 Å². The van der Waals surface area contributed by atoms with E-state index in [0.29, 0.717) is 17.5 Å². The summed E-state index contributed by atoms with van der Waals surface area (Å²) in [5, 5.41) is 3.80. The molecule has 0 radical (unpaired) electrons. The molecule has 76 valence electrons. The molecule has 2 aliphatic rings. The summed E-state index contributed by atoms with van der Waals surface area (Å²) in [4.78, 5) is 0. The van der Waals surface area contributed by atoms with Gasteiger partial charge in [-0.05, 0) is 31.6 Å². The Hall–Kier alpha value is -0.0800. The first-order valence-corrected chi connectivity index (χ1v) is 5.71. The van der Waals surface area contributed by atoms with Gasteiger partial charge in [0.25, 0.3) is 0 Å². The standard InChI is InChI=1S/C11H22N2/c1-3-5-11-6-4-9(13-11)7-10(12)8(11)2/h8-10,13H,3-7,12H2,1-2H3. The molecule has 0 aromatic heterocycles. The molecule has 0 spiro atoms. The Kier molecular flexibility index (Phi) is 2.37. The number of hydrogen-bond donors (Lipinski definition) is 2. The Morgan fingerprint density at radius 1 is 1.54 bits per heavy atom. The smallest absolute Gasteiger partial charge is 0.0224 e. The quantitative estimate of drug-likeness (QED) is 0.681. The van der Waals surface area contributed by atoms with Crippen LogP contribution >= 0.6 is 0 Å². The zero-order valence-corrected chi connectivity index (χ0v) is 8.84. The van der Waals surface area contributed by atoms with Crippen LogP contribution in [-0.2, 0) is 0 Å². The van der Waals surface area contributed by atoms with Crippen molar-refractivity contribution < 1.29 is 0 Å². The number of fused-ring (bicyclic) bond motifs is 2. The van der Waals surface area contributed by atoms with Gasteiger partial charge in [0.2, 0.25) is 0 Å². The van der Waals surface area contributed by atoms with E-state index < -0.39 is 0 Å². The van der Waals surface area contributed by atoms with Crippen molar-refractivity contribution >= 4 is 0 Å². The molecular formula is C11H22N2. The molecule has 0 aromatic rings. The van der Waals surface area contributed by atoms with Gasteiger partial charge in [-0.2, -0.15) is 0 Å². The van der Waals surface area contributed by atoms with Crippen LogP contribution in [0.5, 0.6) is 0 Å². The number of hydrogen-bond acceptors (Lipinski definition) is 2. The van der Waals surface area contributed by atoms with Crippen molar-refractivity contribution in [3.05, 3.63) is 0 Å². The lowest BCUT2D eigenvalue weighted by Crippen LogP contribution is -2.59. The van der Waals surface area contributed by atoms with Gasteiger partial charge in [-0.1, -0.05) is 20.3 Å². The Bertz CT molecular complexity index is 189. The summed E-state index contributed by atoms with van der Waals surface area (Å²) in [5.41, 5.74) is 6.57. The van der Waals surface area contributed by atoms with Crippen LogP contribution in [0.4, 0.5) is 0 Å². The Morgan fingerprint density at radius 3 is 3.00 bits per heavy atom. The summed E-state index contributed by atoms with van der Waals surface area (Å²) in [7, 11) is 0. The van der Waals surface area contributed by atoms with Gasteiger partial charge >= 0.3 is 0 Å². The fraction of sp³-hybridized carbons (Fsp3) is 1.00. The minimum absolute atomic E-state index is 0.400. The van der Waals surface area contributed by atoms with E-state index in [4.69, 9.17) is 5.73 Å². The highest BCUT2D eigenvalue weighted by molar-refractivity contribution is 5.08. The monoisotopic (exact) mass is 182 g/mol. The zero-order valence-electron chi connectivity index (χ0n) is 8.84. The maximum Gasteiger partial charge on any atom is 0.0224 e. The van der Waals surface area contributed by atoms with Crippen molar-refractivity contribution in [1.82, 2.24) is 5.32 Å². The molecule has 2 fully saturated rings. The second-order valence-corrected chi connectivity index (χ2v) is 4.97. The molecule has 2 saturated heterocycles. The Morgan fingerprint density at radius 2 is 2.31 bits per heavy atom. The van der Waals surface area contributed by atoms with Gasteiger partial charge in [-0.3, -0.25) is 0 Å². The Balaban J connectivity index is 2.15. The third-order valence-electron chi connectivity index (χ3n) is 4.20. The summed E-state index contributed by atoms with van der Waals surface area (Å²) in [6.45, 7) is 4.60. The molecule has 4 atom stereocenters. The van der Waals surface area contributed by atoms with Crippen LogP contribution < -0.4 is 11.1 Å². The van der Waals surface area contributed by atoms with Crippen molar-refractivity contribution in [2.45, 2.75) is 63.6 Å². The maximum absolute atomic E-state index is 6.17. The van der Waals surface area contributed by atoms with E-state index in [1.165, 1.54) is 32.1 Å². The second kappa shape index (κ2) is 3.25. The highest BCUT2D eigenvalue weighted by Crippen LogP contribution is 2.41. The molecule has 0 saturated carbocycles. The van der Waals surface area contributed by atoms with Gasteiger partial charge < -0.3 is 11.1 Å². The first kappa shape index (κ1) is 9.47. The van der Waals surface area contributed by atoms with Crippen molar-refractivity contribution in [2.75, 3.05) is 0 Å². The first-order chi connectivity index (χ1) is 6.18. The predicted molar refractivity (Wildman–Crippen MR) is 55.6 cm³/mol. The van der Waals surface area contributed by atoms with E-state index in [-0.39, 0.29) is 0 Å². The number of rotatable bonds is 2. The fourth-order valence-corrected chi connectivity index (χ4v) is 3.33. The third kappa shape index (κ3) is 1.40. The van der Waals surface area contributed by atoms with Crippen LogP contribution in [0.1, 0.15) is 46.0 Å². The highest BCUT2D eigenvalue weighted by Gasteiger charge is 2.48. The van der Waals surface area contributed by atoms with E-state index in [1.807, 2.05) is 0 Å². The minimum Gasteiger partial charge on any atom is -0.327 e. The summed E-state index contributed by atoms with van der Waals surface area (Å²) in [6.07, 6.45) is 6.46. The number of nitrogens with two attached hydrogens (primary N) is 1. The lowest BCUT2D eigenvalue weighted by Gasteiger charge is -2.44. The van der Waals surface area contributed by atoms with Gasteiger partial charge in [0.05, 0.1) is 0 Å². The highest BCUT2D eigenvalue weighted by atomic mass is 15.1. The van der Waals surface area contributed by atoms with Crippen molar-refractivity contribution in [3.63, 3.8) is 0 Å². The van der Waals surface area contributed by atoms with Crippen LogP contribution in [0, 0.1) is 5.92 Å². The molecule has 2 heterocycles. The van der Waals surface area contributed by atoms with Crippen LogP contribution in [0.25, 0.3) is 0 Å². The second-order valence-electron chi connectivity index (χ2n) is 4.97. The molecule has 2 rings (SSSR count). The van der Waals surface area contributed by atoms with Crippen molar-refractivity contribution in [3.8, 4) is 0 Å². The average Bonchev–Trinajstić information content (AvgIpc) is 2.44. The largest absolute Gasteiger partial charge is 0.327 e. The summed E-state index contributed by atoms with van der Waals surface area (Å²) < 4.78 is 0. The molecule has 2 bridgehead atoms. The lowest BCUT2D eigenvalue weighted by atomic mass is 9.75. The number of piperidine rings is 1. The van der Waals surface area contributed by atoms with Crippen molar-refractivity contribution in [2.24, 2.45) is 11.7 Å². The van der Waals surface area contributed by atoms with E-state index >= 15 is 0 Å². The lowest BCUT2D eigenvalue weighted by molar-refractivity contribution is 0.152. The molecule has 13 heavy (non-hydrogen) atoms. The van der Waals surface area contributed by atoms with Gasteiger partial charge in [0.1, 0.15) is 0 Å². The Labute approximate surface area is 81.3 Å². The fourth-order valence-electron chi connectivity index (χ4n) is 3.33. The average molecular weight is 182 g/mol. The molecule has 0 aromatic carbocycles. The predicted octanol–water partition coefficient (Wildman–Crippen LogP) is 1.64. The molecular weight excluding hydrogens is 160 g/mol. The van der Waals surface area contributed by atoms with E-state index in [1.54, 1.807) is 0 Å². The van der Waals surface area contributed by atoms with Crippen LogP contribution in [0.2, 0.25) is 0 Å². The maximum atomic E-state index is 6.17. The normalized spacial score (nSPS) is 49.6. The molecule has 2 heteroatoms. The summed E-state index contributed by atoms with van der Waals surface area (Å²) >= 11 is 0. The van der Waals surface area contributed by atoms with Gasteiger partial charge in [0.15, 0.2) is 0 Å². The molecule has 4 unspecified atom stereocenters.